The van der Waals surface area contributed by atoms with Crippen LogP contribution in [0.1, 0.15) is 12.8 Å². The van der Waals surface area contributed by atoms with E-state index in [1.165, 1.54) is 0 Å². The number of nitrogens with zero attached hydrogens (tertiary/aromatic N) is 2. The molecule has 0 aromatic carbocycles. The minimum Gasteiger partial charge on any atom is -0.393 e. The molecule has 1 amide bonds. The fourth-order valence-electron chi connectivity index (χ4n) is 1.77. The molecule has 1 heterocycles. The Hall–Kier alpha value is -0.650. The smallest absolute Gasteiger partial charge is 0.236 e. The number of rotatable bonds is 5. The lowest BCUT2D eigenvalue weighted by Crippen LogP contribution is -2.44. The number of likely N-dealkylation sites (tertiary alicyclic amines) is 1. The molecule has 0 bridgehead atoms. The van der Waals surface area contributed by atoms with Crippen molar-refractivity contribution in [1.29, 1.82) is 0 Å². The number of hydrogen-bond acceptors (Lipinski definition) is 4. The monoisotopic (exact) mass is 230 g/mol. The van der Waals surface area contributed by atoms with Crippen LogP contribution in [-0.2, 0) is 9.53 Å². The quantitative estimate of drug-likeness (QED) is 0.695. The minimum absolute atomic E-state index is 0.144. The van der Waals surface area contributed by atoms with E-state index < -0.39 is 0 Å². The average molecular weight is 230 g/mol. The molecule has 0 aliphatic carbocycles. The van der Waals surface area contributed by atoms with Crippen molar-refractivity contribution in [1.82, 2.24) is 9.80 Å². The maximum absolute atomic E-state index is 11.8. The maximum atomic E-state index is 11.8. The first-order chi connectivity index (χ1) is 7.63. The van der Waals surface area contributed by atoms with Crippen LogP contribution in [0.2, 0.25) is 0 Å². The first-order valence-electron chi connectivity index (χ1n) is 5.77. The second kappa shape index (κ2) is 6.83. The van der Waals surface area contributed by atoms with Crippen LogP contribution in [0.4, 0.5) is 0 Å². The second-order valence-electron chi connectivity index (χ2n) is 4.34. The molecule has 1 aliphatic heterocycles. The Morgan fingerprint density at radius 2 is 2.12 bits per heavy atom. The van der Waals surface area contributed by atoms with E-state index in [2.05, 4.69) is 0 Å². The molecule has 16 heavy (non-hydrogen) atoms. The van der Waals surface area contributed by atoms with Gasteiger partial charge in [-0.3, -0.25) is 9.69 Å². The fourth-order valence-corrected chi connectivity index (χ4v) is 1.77. The van der Waals surface area contributed by atoms with Crippen molar-refractivity contribution in [3.8, 4) is 0 Å². The van der Waals surface area contributed by atoms with E-state index in [0.29, 0.717) is 39.1 Å². The Labute approximate surface area is 97.0 Å². The average Bonchev–Trinajstić information content (AvgIpc) is 2.27. The van der Waals surface area contributed by atoms with E-state index in [9.17, 15) is 9.90 Å². The van der Waals surface area contributed by atoms with Crippen LogP contribution in [0.25, 0.3) is 0 Å². The summed E-state index contributed by atoms with van der Waals surface area (Å²) < 4.78 is 4.95. The molecule has 1 aliphatic rings. The van der Waals surface area contributed by atoms with E-state index in [4.69, 9.17) is 4.74 Å². The Balaban J connectivity index is 2.23. The number of ether oxygens (including phenoxy) is 1. The normalized spacial score (nSPS) is 18.1. The molecule has 0 aromatic rings. The van der Waals surface area contributed by atoms with Gasteiger partial charge in [-0.1, -0.05) is 0 Å². The van der Waals surface area contributed by atoms with E-state index in [1.807, 2.05) is 16.8 Å². The third kappa shape index (κ3) is 4.47. The molecule has 94 valence electrons. The van der Waals surface area contributed by atoms with Gasteiger partial charge >= 0.3 is 0 Å². The summed E-state index contributed by atoms with van der Waals surface area (Å²) in [5.74, 6) is 0.144. The van der Waals surface area contributed by atoms with E-state index >= 15 is 0 Å². The molecule has 0 spiro atoms. The van der Waals surface area contributed by atoms with E-state index in [-0.39, 0.29) is 12.0 Å². The second-order valence-corrected chi connectivity index (χ2v) is 4.34. The summed E-state index contributed by atoms with van der Waals surface area (Å²) in [6, 6.07) is 0. The highest BCUT2D eigenvalue weighted by Crippen LogP contribution is 2.09. The van der Waals surface area contributed by atoms with Gasteiger partial charge in [-0.15, -0.1) is 0 Å². The van der Waals surface area contributed by atoms with Crippen LogP contribution in [-0.4, -0.2) is 73.9 Å². The van der Waals surface area contributed by atoms with Gasteiger partial charge in [-0.05, 0) is 19.9 Å². The first kappa shape index (κ1) is 13.4. The van der Waals surface area contributed by atoms with E-state index in [0.717, 1.165) is 6.54 Å². The highest BCUT2D eigenvalue weighted by Gasteiger charge is 2.21. The number of aliphatic hydroxyl groups is 1. The molecule has 5 heteroatoms. The molecule has 1 fully saturated rings. The maximum Gasteiger partial charge on any atom is 0.236 e. The summed E-state index contributed by atoms with van der Waals surface area (Å²) in [5, 5.41) is 9.34. The molecular formula is C11H22N2O3. The van der Waals surface area contributed by atoms with Crippen LogP contribution in [0.5, 0.6) is 0 Å². The van der Waals surface area contributed by atoms with Gasteiger partial charge in [-0.25, -0.2) is 0 Å². The molecule has 0 unspecified atom stereocenters. The highest BCUT2D eigenvalue weighted by molar-refractivity contribution is 5.78. The molecule has 5 nitrogen and oxygen atoms in total. The predicted molar refractivity (Wildman–Crippen MR) is 61.2 cm³/mol. The summed E-state index contributed by atoms with van der Waals surface area (Å²) in [6.07, 6.45) is 1.18. The standard InChI is InChI=1S/C11H22N2O3/c1-12(7-8-16-2)9-11(15)13-5-3-10(14)4-6-13/h10,14H,3-9H2,1-2H3. The lowest BCUT2D eigenvalue weighted by molar-refractivity contribution is -0.134. The Bertz CT molecular complexity index is 215. The van der Waals surface area contributed by atoms with Gasteiger partial charge in [0.25, 0.3) is 0 Å². The minimum atomic E-state index is -0.227. The number of carbonyl (C=O) groups is 1. The van der Waals surface area contributed by atoms with Gasteiger partial charge in [0.15, 0.2) is 0 Å². The highest BCUT2D eigenvalue weighted by atomic mass is 16.5. The van der Waals surface area contributed by atoms with Crippen LogP contribution >= 0.6 is 0 Å². The molecule has 1 saturated heterocycles. The number of hydrogen-bond donors (Lipinski definition) is 1. The fraction of sp³-hybridized carbons (Fsp3) is 0.909. The SMILES string of the molecule is COCCN(C)CC(=O)N1CCC(O)CC1. The summed E-state index contributed by atoms with van der Waals surface area (Å²) in [5.41, 5.74) is 0. The lowest BCUT2D eigenvalue weighted by Gasteiger charge is -2.31. The predicted octanol–water partition coefficient (Wildman–Crippen LogP) is -0.452. The molecule has 1 rings (SSSR count). The molecule has 0 atom stereocenters. The van der Waals surface area contributed by atoms with Crippen molar-refractivity contribution in [3.63, 3.8) is 0 Å². The van der Waals surface area contributed by atoms with Crippen LogP contribution in [0.3, 0.4) is 0 Å². The Kier molecular flexibility index (Phi) is 5.73. The summed E-state index contributed by atoms with van der Waals surface area (Å²) >= 11 is 0. The number of methoxy groups -OCH3 is 1. The van der Waals surface area contributed by atoms with Crippen molar-refractivity contribution in [3.05, 3.63) is 0 Å². The molecule has 0 radical (unpaired) electrons. The van der Waals surface area contributed by atoms with Crippen LogP contribution in [0, 0.1) is 0 Å². The zero-order valence-corrected chi connectivity index (χ0v) is 10.2. The largest absolute Gasteiger partial charge is 0.393 e. The van der Waals surface area contributed by atoms with Crippen LogP contribution < -0.4 is 0 Å². The van der Waals surface area contributed by atoms with Crippen molar-refractivity contribution >= 4 is 5.91 Å². The van der Waals surface area contributed by atoms with Gasteiger partial charge in [0.2, 0.25) is 5.91 Å². The Morgan fingerprint density at radius 1 is 1.50 bits per heavy atom. The van der Waals surface area contributed by atoms with Crippen molar-refractivity contribution in [2.75, 3.05) is 46.9 Å². The molecular weight excluding hydrogens is 208 g/mol. The topological polar surface area (TPSA) is 53.0 Å². The third-order valence-corrected chi connectivity index (χ3v) is 2.90. The Morgan fingerprint density at radius 3 is 2.69 bits per heavy atom. The third-order valence-electron chi connectivity index (χ3n) is 2.90. The van der Waals surface area contributed by atoms with Gasteiger partial charge in [-0.2, -0.15) is 0 Å². The first-order valence-corrected chi connectivity index (χ1v) is 5.77. The van der Waals surface area contributed by atoms with Gasteiger partial charge in [0.05, 0.1) is 19.3 Å². The summed E-state index contributed by atoms with van der Waals surface area (Å²) in [4.78, 5) is 15.6. The molecule has 0 saturated carbocycles. The van der Waals surface area contributed by atoms with Crippen LogP contribution in [0.15, 0.2) is 0 Å². The number of likely N-dealkylation sites (N-methyl/N-ethyl adjacent to an activating group) is 1. The molecule has 0 aromatic heterocycles. The number of carbonyl (C=O) groups excluding carboxylic acids is 1. The lowest BCUT2D eigenvalue weighted by atomic mass is 10.1. The van der Waals surface area contributed by atoms with Gasteiger partial charge in [0.1, 0.15) is 0 Å². The van der Waals surface area contributed by atoms with Crippen molar-refractivity contribution < 1.29 is 14.6 Å². The van der Waals surface area contributed by atoms with Gasteiger partial charge < -0.3 is 14.7 Å². The van der Waals surface area contributed by atoms with Crippen molar-refractivity contribution in [2.45, 2.75) is 18.9 Å². The zero-order chi connectivity index (χ0) is 12.0. The number of piperidine rings is 1. The van der Waals surface area contributed by atoms with E-state index in [1.54, 1.807) is 7.11 Å². The summed E-state index contributed by atoms with van der Waals surface area (Å²) in [7, 11) is 3.57. The summed E-state index contributed by atoms with van der Waals surface area (Å²) in [6.45, 7) is 3.19. The number of amides is 1. The molecule has 1 N–H and O–H groups in total. The number of aliphatic hydroxyl groups excluding tert-OH is 1. The van der Waals surface area contributed by atoms with Crippen molar-refractivity contribution in [2.24, 2.45) is 0 Å². The van der Waals surface area contributed by atoms with Gasteiger partial charge in [0, 0.05) is 26.7 Å². The zero-order valence-electron chi connectivity index (χ0n) is 10.2.